The van der Waals surface area contributed by atoms with Crippen LogP contribution in [-0.2, 0) is 6.42 Å². The van der Waals surface area contributed by atoms with Crippen molar-refractivity contribution in [2.45, 2.75) is 47.0 Å². The second-order valence-electron chi connectivity index (χ2n) is 9.14. The Hall–Kier alpha value is -2.11. The molecular weight excluding hydrogens is 452 g/mol. The van der Waals surface area contributed by atoms with Crippen molar-refractivity contribution in [1.29, 1.82) is 0 Å². The maximum Gasteiger partial charge on any atom is 0.210 e. The van der Waals surface area contributed by atoms with Gasteiger partial charge >= 0.3 is 0 Å². The van der Waals surface area contributed by atoms with Crippen molar-refractivity contribution >= 4 is 27.2 Å². The molecule has 1 aromatic carbocycles. The maximum atomic E-state index is 13.5. The van der Waals surface area contributed by atoms with Crippen molar-refractivity contribution in [2.24, 2.45) is 5.41 Å². The van der Waals surface area contributed by atoms with E-state index in [2.05, 4.69) is 48.9 Å². The molecule has 0 fully saturated rings. The predicted octanol–water partition coefficient (Wildman–Crippen LogP) is 6.29. The lowest BCUT2D eigenvalue weighted by molar-refractivity contribution is 0.103. The number of nitrogens with one attached hydrogen (secondary N) is 1. The van der Waals surface area contributed by atoms with Gasteiger partial charge in [-0.2, -0.15) is 0 Å². The van der Waals surface area contributed by atoms with Crippen LogP contribution in [0.15, 0.2) is 53.1 Å². The first kappa shape index (κ1) is 23.6. The van der Waals surface area contributed by atoms with Crippen LogP contribution in [0.5, 0.6) is 5.75 Å². The van der Waals surface area contributed by atoms with Crippen molar-refractivity contribution in [2.75, 3.05) is 19.7 Å². The third kappa shape index (κ3) is 5.98. The zero-order chi connectivity index (χ0) is 22.4. The van der Waals surface area contributed by atoms with E-state index >= 15 is 0 Å². The number of ketones is 1. The summed E-state index contributed by atoms with van der Waals surface area (Å²) in [7, 11) is 0. The number of pyridine rings is 1. The highest BCUT2D eigenvalue weighted by Gasteiger charge is 2.22. The molecule has 0 amide bonds. The first-order valence-electron chi connectivity index (χ1n) is 11.1. The molecule has 1 N–H and O–H groups in total. The Labute approximate surface area is 194 Å². The summed E-state index contributed by atoms with van der Waals surface area (Å²) in [5.74, 6) is 0.818. The number of fused-ring (bicyclic) bond motifs is 1. The van der Waals surface area contributed by atoms with Crippen LogP contribution in [0, 0.1) is 5.41 Å². The molecule has 0 aliphatic rings. The molecule has 0 bridgehead atoms. The topological polar surface area (TPSA) is 42.7 Å². The summed E-state index contributed by atoms with van der Waals surface area (Å²) in [6.07, 6.45) is 4.97. The van der Waals surface area contributed by atoms with Gasteiger partial charge in [0.05, 0.1) is 11.2 Å². The summed E-state index contributed by atoms with van der Waals surface area (Å²) in [6.45, 7) is 11.1. The molecule has 3 aromatic rings. The SMILES string of the molecule is CCCCc1c(Br)c2ccccn2c1C(=O)c1ccc(OCCNCC(C)(C)C)cc1. The number of carbonyl (C=O) groups is 1. The highest BCUT2D eigenvalue weighted by molar-refractivity contribution is 9.10. The molecule has 2 aromatic heterocycles. The molecule has 0 saturated heterocycles. The summed E-state index contributed by atoms with van der Waals surface area (Å²) in [5.41, 5.74) is 3.79. The van der Waals surface area contributed by atoms with E-state index in [1.54, 1.807) is 0 Å². The fourth-order valence-electron chi connectivity index (χ4n) is 3.59. The largest absolute Gasteiger partial charge is 0.492 e. The lowest BCUT2D eigenvalue weighted by Crippen LogP contribution is -2.30. The molecule has 0 spiro atoms. The number of halogens is 1. The van der Waals surface area contributed by atoms with Crippen LogP contribution >= 0.6 is 15.9 Å². The van der Waals surface area contributed by atoms with Gasteiger partial charge in [-0.15, -0.1) is 0 Å². The number of unbranched alkanes of at least 4 members (excludes halogenated alkanes) is 1. The van der Waals surface area contributed by atoms with Gasteiger partial charge in [0.15, 0.2) is 0 Å². The molecule has 5 heteroatoms. The quantitative estimate of drug-likeness (QED) is 0.271. The minimum atomic E-state index is 0.0383. The Morgan fingerprint density at radius 2 is 1.87 bits per heavy atom. The second kappa shape index (κ2) is 10.5. The Balaban J connectivity index is 1.74. The number of benzene rings is 1. The highest BCUT2D eigenvalue weighted by atomic mass is 79.9. The average Bonchev–Trinajstić information content (AvgIpc) is 3.03. The molecule has 166 valence electrons. The van der Waals surface area contributed by atoms with Crippen LogP contribution < -0.4 is 10.1 Å². The Morgan fingerprint density at radius 3 is 2.55 bits per heavy atom. The maximum absolute atomic E-state index is 13.5. The number of aromatic nitrogens is 1. The number of rotatable bonds is 10. The number of nitrogens with zero attached hydrogens (tertiary/aromatic N) is 1. The number of carbonyl (C=O) groups excluding carboxylic acids is 1. The lowest BCUT2D eigenvalue weighted by Gasteiger charge is -2.18. The first-order valence-corrected chi connectivity index (χ1v) is 11.9. The summed E-state index contributed by atoms with van der Waals surface area (Å²) in [6, 6.07) is 13.5. The van der Waals surface area contributed by atoms with Crippen molar-refractivity contribution in [1.82, 2.24) is 9.72 Å². The predicted molar refractivity (Wildman–Crippen MR) is 131 cm³/mol. The number of hydrogen-bond donors (Lipinski definition) is 1. The highest BCUT2D eigenvalue weighted by Crippen LogP contribution is 2.32. The van der Waals surface area contributed by atoms with Crippen LogP contribution in [0.1, 0.15) is 62.2 Å². The van der Waals surface area contributed by atoms with Gasteiger partial charge in [-0.3, -0.25) is 4.79 Å². The van der Waals surface area contributed by atoms with E-state index in [9.17, 15) is 4.79 Å². The Morgan fingerprint density at radius 1 is 1.13 bits per heavy atom. The fourth-order valence-corrected chi connectivity index (χ4v) is 4.30. The fraction of sp³-hybridized carbons (Fsp3) is 0.423. The second-order valence-corrected chi connectivity index (χ2v) is 9.93. The average molecular weight is 485 g/mol. The smallest absolute Gasteiger partial charge is 0.210 e. The van der Waals surface area contributed by atoms with Crippen molar-refractivity contribution in [3.63, 3.8) is 0 Å². The van der Waals surface area contributed by atoms with Gasteiger partial charge in [0.2, 0.25) is 5.78 Å². The van der Waals surface area contributed by atoms with Gasteiger partial charge < -0.3 is 14.5 Å². The third-order valence-electron chi connectivity index (χ3n) is 5.19. The van der Waals surface area contributed by atoms with Crippen molar-refractivity contribution < 1.29 is 9.53 Å². The van der Waals surface area contributed by atoms with Gasteiger partial charge in [-0.25, -0.2) is 0 Å². The molecule has 4 nitrogen and oxygen atoms in total. The van der Waals surface area contributed by atoms with Crippen LogP contribution in [-0.4, -0.2) is 29.9 Å². The lowest BCUT2D eigenvalue weighted by atomic mass is 9.97. The van der Waals surface area contributed by atoms with Crippen LogP contribution in [0.4, 0.5) is 0 Å². The summed E-state index contributed by atoms with van der Waals surface area (Å²) < 4.78 is 8.85. The molecule has 0 aliphatic heterocycles. The van der Waals surface area contributed by atoms with E-state index in [1.165, 1.54) is 0 Å². The molecule has 0 aliphatic carbocycles. The van der Waals surface area contributed by atoms with Crippen LogP contribution in [0.25, 0.3) is 5.52 Å². The zero-order valence-electron chi connectivity index (χ0n) is 19.0. The van der Waals surface area contributed by atoms with Gasteiger partial charge in [0, 0.05) is 29.3 Å². The van der Waals surface area contributed by atoms with Crippen molar-refractivity contribution in [3.8, 4) is 5.75 Å². The van der Waals surface area contributed by atoms with E-state index < -0.39 is 0 Å². The molecule has 0 saturated carbocycles. The van der Waals surface area contributed by atoms with Gasteiger partial charge in [-0.05, 0) is 76.1 Å². The van der Waals surface area contributed by atoms with E-state index in [0.29, 0.717) is 12.2 Å². The molecule has 0 atom stereocenters. The molecule has 3 rings (SSSR count). The monoisotopic (exact) mass is 484 g/mol. The van der Waals surface area contributed by atoms with Crippen molar-refractivity contribution in [3.05, 3.63) is 70.0 Å². The normalized spacial score (nSPS) is 11.8. The van der Waals surface area contributed by atoms with Gasteiger partial charge in [0.25, 0.3) is 0 Å². The van der Waals surface area contributed by atoms with E-state index in [0.717, 1.165) is 59.3 Å². The van der Waals surface area contributed by atoms with E-state index in [4.69, 9.17) is 4.74 Å². The molecule has 0 unspecified atom stereocenters. The van der Waals surface area contributed by atoms with Crippen LogP contribution in [0.2, 0.25) is 0 Å². The van der Waals surface area contributed by atoms with E-state index in [1.807, 2.05) is 53.1 Å². The number of hydrogen-bond acceptors (Lipinski definition) is 3. The first-order chi connectivity index (χ1) is 14.8. The number of ether oxygens (including phenoxy) is 1. The molecule has 0 radical (unpaired) electrons. The minimum absolute atomic E-state index is 0.0383. The molecule has 31 heavy (non-hydrogen) atoms. The summed E-state index contributed by atoms with van der Waals surface area (Å²) in [4.78, 5) is 13.5. The molecular formula is C26H33BrN2O2. The Bertz CT molecular complexity index is 1020. The standard InChI is InChI=1S/C26H33BrN2O2/c1-5-6-9-21-23(27)22-10-7-8-16-29(22)24(21)25(30)19-11-13-20(14-12-19)31-17-15-28-18-26(2,3)4/h7-8,10-14,16,28H,5-6,9,15,17-18H2,1-4H3. The van der Waals surface area contributed by atoms with Gasteiger partial charge in [0.1, 0.15) is 12.4 Å². The minimum Gasteiger partial charge on any atom is -0.492 e. The third-order valence-corrected chi connectivity index (χ3v) is 6.08. The van der Waals surface area contributed by atoms with E-state index in [-0.39, 0.29) is 11.2 Å². The molecule has 2 heterocycles. The summed E-state index contributed by atoms with van der Waals surface area (Å²) >= 11 is 3.74. The Kier molecular flexibility index (Phi) is 7.95. The summed E-state index contributed by atoms with van der Waals surface area (Å²) in [5, 5.41) is 3.40. The zero-order valence-corrected chi connectivity index (χ0v) is 20.6. The van der Waals surface area contributed by atoms with Gasteiger partial charge in [-0.1, -0.05) is 40.2 Å². The van der Waals surface area contributed by atoms with Crippen LogP contribution in [0.3, 0.4) is 0 Å².